The van der Waals surface area contributed by atoms with E-state index in [-0.39, 0.29) is 18.1 Å². The lowest BCUT2D eigenvalue weighted by Crippen LogP contribution is -2.44. The van der Waals surface area contributed by atoms with Crippen LogP contribution in [0.25, 0.3) is 0 Å². The molecule has 6 heteroatoms. The average molecular weight is 349 g/mol. The van der Waals surface area contributed by atoms with Crippen molar-refractivity contribution in [3.05, 3.63) is 29.8 Å². The monoisotopic (exact) mass is 349 g/mol. The first-order chi connectivity index (χ1) is 12.0. The largest absolute Gasteiger partial charge is 0.482 e. The molecule has 1 aromatic carbocycles. The van der Waals surface area contributed by atoms with E-state index in [1.54, 1.807) is 24.3 Å². The predicted molar refractivity (Wildman–Crippen MR) is 93.9 cm³/mol. The molecule has 2 rings (SSSR count). The lowest BCUT2D eigenvalue weighted by Gasteiger charge is -2.34. The predicted octanol–water partition coefficient (Wildman–Crippen LogP) is 2.86. The summed E-state index contributed by atoms with van der Waals surface area (Å²) in [6.07, 6.45) is 3.97. The van der Waals surface area contributed by atoms with Gasteiger partial charge in [-0.2, -0.15) is 0 Å². The maximum Gasteiger partial charge on any atom is 0.341 e. The SMILES string of the molecule is CCC(CC)C1CC(NC(=O)c2cccc(OCC(=O)O)c2)CCO1. The first kappa shape index (κ1) is 19.2. The van der Waals surface area contributed by atoms with E-state index in [1.165, 1.54) is 0 Å². The Hall–Kier alpha value is -2.08. The van der Waals surface area contributed by atoms with Crippen molar-refractivity contribution in [2.45, 2.75) is 51.7 Å². The second-order valence-electron chi connectivity index (χ2n) is 6.39. The number of hydrogen-bond donors (Lipinski definition) is 2. The highest BCUT2D eigenvalue weighted by atomic mass is 16.5. The van der Waals surface area contributed by atoms with E-state index in [0.29, 0.717) is 23.8 Å². The number of carboxylic acids is 1. The lowest BCUT2D eigenvalue weighted by atomic mass is 9.89. The van der Waals surface area contributed by atoms with E-state index in [2.05, 4.69) is 19.2 Å². The molecule has 0 radical (unpaired) electrons. The molecular weight excluding hydrogens is 322 g/mol. The van der Waals surface area contributed by atoms with Crippen molar-refractivity contribution in [1.82, 2.24) is 5.32 Å². The normalized spacial score (nSPS) is 20.3. The Bertz CT molecular complexity index is 585. The summed E-state index contributed by atoms with van der Waals surface area (Å²) in [7, 11) is 0. The Labute approximate surface area is 148 Å². The van der Waals surface area contributed by atoms with Crippen LogP contribution in [0.4, 0.5) is 0 Å². The Kier molecular flexibility index (Phi) is 7.25. The Morgan fingerprint density at radius 1 is 1.36 bits per heavy atom. The van der Waals surface area contributed by atoms with Crippen LogP contribution in [-0.2, 0) is 9.53 Å². The van der Waals surface area contributed by atoms with Gasteiger partial charge in [-0.3, -0.25) is 4.79 Å². The van der Waals surface area contributed by atoms with Crippen molar-refractivity contribution < 1.29 is 24.2 Å². The minimum atomic E-state index is -1.05. The maximum absolute atomic E-state index is 12.5. The number of rotatable bonds is 8. The zero-order valence-corrected chi connectivity index (χ0v) is 14.9. The van der Waals surface area contributed by atoms with Gasteiger partial charge < -0.3 is 19.9 Å². The molecule has 1 amide bonds. The van der Waals surface area contributed by atoms with Crippen LogP contribution in [0.3, 0.4) is 0 Å². The Balaban J connectivity index is 1.94. The summed E-state index contributed by atoms with van der Waals surface area (Å²) in [5.74, 6) is -0.329. The zero-order valence-electron chi connectivity index (χ0n) is 14.9. The summed E-state index contributed by atoms with van der Waals surface area (Å²) < 4.78 is 11.0. The molecule has 1 heterocycles. The first-order valence-electron chi connectivity index (χ1n) is 8.90. The fourth-order valence-corrected chi connectivity index (χ4v) is 3.24. The molecule has 0 aliphatic carbocycles. The molecule has 1 saturated heterocycles. The Morgan fingerprint density at radius 2 is 2.12 bits per heavy atom. The van der Waals surface area contributed by atoms with E-state index >= 15 is 0 Å². The average Bonchev–Trinajstić information content (AvgIpc) is 2.61. The summed E-state index contributed by atoms with van der Waals surface area (Å²) in [6, 6.07) is 6.67. The van der Waals surface area contributed by atoms with Crippen molar-refractivity contribution in [2.75, 3.05) is 13.2 Å². The molecule has 138 valence electrons. The van der Waals surface area contributed by atoms with E-state index < -0.39 is 12.6 Å². The van der Waals surface area contributed by atoms with Crippen LogP contribution in [0.15, 0.2) is 24.3 Å². The number of nitrogens with one attached hydrogen (secondary N) is 1. The fourth-order valence-electron chi connectivity index (χ4n) is 3.24. The van der Waals surface area contributed by atoms with Crippen molar-refractivity contribution in [1.29, 1.82) is 0 Å². The number of amides is 1. The number of carbonyl (C=O) groups excluding carboxylic acids is 1. The number of carbonyl (C=O) groups is 2. The molecule has 25 heavy (non-hydrogen) atoms. The number of ether oxygens (including phenoxy) is 2. The lowest BCUT2D eigenvalue weighted by molar-refractivity contribution is -0.139. The number of hydrogen-bond acceptors (Lipinski definition) is 4. The van der Waals surface area contributed by atoms with Crippen LogP contribution >= 0.6 is 0 Å². The van der Waals surface area contributed by atoms with Crippen LogP contribution in [-0.4, -0.2) is 42.3 Å². The van der Waals surface area contributed by atoms with Gasteiger partial charge in [0.1, 0.15) is 5.75 Å². The highest BCUT2D eigenvalue weighted by molar-refractivity contribution is 5.94. The van der Waals surface area contributed by atoms with Gasteiger partial charge in [0.15, 0.2) is 6.61 Å². The van der Waals surface area contributed by atoms with Gasteiger partial charge in [0, 0.05) is 18.2 Å². The van der Waals surface area contributed by atoms with Crippen molar-refractivity contribution in [3.8, 4) is 5.75 Å². The third-order valence-electron chi connectivity index (χ3n) is 4.68. The molecule has 1 aliphatic rings. The topological polar surface area (TPSA) is 84.9 Å². The summed E-state index contributed by atoms with van der Waals surface area (Å²) in [5.41, 5.74) is 0.466. The van der Waals surface area contributed by atoms with Crippen molar-refractivity contribution in [3.63, 3.8) is 0 Å². The standard InChI is InChI=1S/C19H27NO5/c1-3-13(4-2)17-11-15(8-9-24-17)20-19(23)14-6-5-7-16(10-14)25-12-18(21)22/h5-7,10,13,15,17H,3-4,8-9,11-12H2,1-2H3,(H,20,23)(H,21,22). The van der Waals surface area contributed by atoms with Crippen LogP contribution < -0.4 is 10.1 Å². The van der Waals surface area contributed by atoms with Gasteiger partial charge in [0.25, 0.3) is 5.91 Å². The van der Waals surface area contributed by atoms with Gasteiger partial charge >= 0.3 is 5.97 Å². The molecule has 1 aliphatic heterocycles. The molecule has 0 aromatic heterocycles. The molecule has 1 aromatic rings. The van der Waals surface area contributed by atoms with E-state index in [9.17, 15) is 9.59 Å². The molecular formula is C19H27NO5. The fraction of sp³-hybridized carbons (Fsp3) is 0.579. The number of carboxylic acid groups (broad SMARTS) is 1. The third kappa shape index (κ3) is 5.74. The highest BCUT2D eigenvalue weighted by Crippen LogP contribution is 2.25. The van der Waals surface area contributed by atoms with Crippen LogP contribution in [0.5, 0.6) is 5.75 Å². The molecule has 1 fully saturated rings. The molecule has 0 saturated carbocycles. The molecule has 0 bridgehead atoms. The minimum absolute atomic E-state index is 0.0930. The third-order valence-corrected chi connectivity index (χ3v) is 4.68. The Morgan fingerprint density at radius 3 is 2.80 bits per heavy atom. The smallest absolute Gasteiger partial charge is 0.341 e. The van der Waals surface area contributed by atoms with Gasteiger partial charge in [0.2, 0.25) is 0 Å². The van der Waals surface area contributed by atoms with Gasteiger partial charge in [0.05, 0.1) is 6.10 Å². The summed E-state index contributed by atoms with van der Waals surface area (Å²) in [4.78, 5) is 23.1. The molecule has 0 spiro atoms. The van der Waals surface area contributed by atoms with Gasteiger partial charge in [-0.1, -0.05) is 32.8 Å². The first-order valence-corrected chi connectivity index (χ1v) is 8.90. The summed E-state index contributed by atoms with van der Waals surface area (Å²) in [6.45, 7) is 4.57. The second kappa shape index (κ2) is 9.42. The van der Waals surface area contributed by atoms with Crippen molar-refractivity contribution >= 4 is 11.9 Å². The maximum atomic E-state index is 12.5. The van der Waals surface area contributed by atoms with Gasteiger partial charge in [-0.05, 0) is 37.0 Å². The molecule has 2 unspecified atom stereocenters. The molecule has 2 atom stereocenters. The number of benzene rings is 1. The minimum Gasteiger partial charge on any atom is -0.482 e. The zero-order chi connectivity index (χ0) is 18.2. The van der Waals surface area contributed by atoms with Crippen LogP contribution in [0, 0.1) is 5.92 Å². The highest BCUT2D eigenvalue weighted by Gasteiger charge is 2.28. The van der Waals surface area contributed by atoms with Crippen LogP contribution in [0.1, 0.15) is 49.9 Å². The second-order valence-corrected chi connectivity index (χ2v) is 6.39. The molecule has 2 N–H and O–H groups in total. The van der Waals surface area contributed by atoms with Crippen LogP contribution in [0.2, 0.25) is 0 Å². The quantitative estimate of drug-likeness (QED) is 0.754. The summed E-state index contributed by atoms with van der Waals surface area (Å²) >= 11 is 0. The number of aliphatic carboxylic acids is 1. The summed E-state index contributed by atoms with van der Waals surface area (Å²) in [5, 5.41) is 11.7. The van der Waals surface area contributed by atoms with E-state index in [1.807, 2.05) is 0 Å². The van der Waals surface area contributed by atoms with Gasteiger partial charge in [-0.15, -0.1) is 0 Å². The van der Waals surface area contributed by atoms with E-state index in [0.717, 1.165) is 25.7 Å². The van der Waals surface area contributed by atoms with Gasteiger partial charge in [-0.25, -0.2) is 4.79 Å². The van der Waals surface area contributed by atoms with Crippen molar-refractivity contribution in [2.24, 2.45) is 5.92 Å². The van der Waals surface area contributed by atoms with E-state index in [4.69, 9.17) is 14.6 Å². The molecule has 6 nitrogen and oxygen atoms in total.